The van der Waals surface area contributed by atoms with Gasteiger partial charge in [0.15, 0.2) is 5.13 Å². The van der Waals surface area contributed by atoms with Gasteiger partial charge in [-0.15, -0.1) is 23.7 Å². The number of halogens is 1. The molecule has 0 spiro atoms. The molecule has 2 N–H and O–H groups in total. The molecule has 3 nitrogen and oxygen atoms in total. The van der Waals surface area contributed by atoms with E-state index in [4.69, 9.17) is 5.73 Å². The van der Waals surface area contributed by atoms with E-state index in [1.54, 1.807) is 11.3 Å². The maximum Gasteiger partial charge on any atom is 0.180 e. The number of nitrogens with two attached hydrogens (primary N) is 1. The van der Waals surface area contributed by atoms with Gasteiger partial charge in [0.2, 0.25) is 0 Å². The molecular formula is C13H16ClN3S. The third-order valence-corrected chi connectivity index (χ3v) is 3.97. The van der Waals surface area contributed by atoms with E-state index in [1.165, 1.54) is 16.0 Å². The Morgan fingerprint density at radius 1 is 1.28 bits per heavy atom. The summed E-state index contributed by atoms with van der Waals surface area (Å²) in [5, 5.41) is 0.664. The molecule has 0 unspecified atom stereocenters. The Labute approximate surface area is 117 Å². The zero-order valence-electron chi connectivity index (χ0n) is 10.0. The molecule has 18 heavy (non-hydrogen) atoms. The van der Waals surface area contributed by atoms with Crippen molar-refractivity contribution in [2.24, 2.45) is 0 Å². The second-order valence-electron chi connectivity index (χ2n) is 4.39. The summed E-state index contributed by atoms with van der Waals surface area (Å²) >= 11 is 1.59. The van der Waals surface area contributed by atoms with Gasteiger partial charge in [-0.3, -0.25) is 4.90 Å². The topological polar surface area (TPSA) is 42.1 Å². The lowest BCUT2D eigenvalue weighted by Gasteiger charge is -2.28. The van der Waals surface area contributed by atoms with E-state index in [2.05, 4.69) is 34.1 Å². The molecule has 3 rings (SSSR count). The van der Waals surface area contributed by atoms with Crippen LogP contribution in [0.3, 0.4) is 0 Å². The number of aromatic nitrogens is 1. The maximum atomic E-state index is 5.65. The van der Waals surface area contributed by atoms with E-state index >= 15 is 0 Å². The standard InChI is InChI=1S/C13H15N3S.ClH/c14-13-15-7-12(17-13)9-16-6-5-10-3-1-2-4-11(10)8-16;/h1-4,7H,5-6,8-9H2,(H2,14,15);1H. The van der Waals surface area contributed by atoms with Gasteiger partial charge in [0.1, 0.15) is 0 Å². The molecule has 1 aliphatic heterocycles. The normalized spacial score (nSPS) is 14.9. The van der Waals surface area contributed by atoms with Gasteiger partial charge >= 0.3 is 0 Å². The average molecular weight is 282 g/mol. The molecule has 2 aromatic rings. The summed E-state index contributed by atoms with van der Waals surface area (Å²) in [5.41, 5.74) is 8.60. The Balaban J connectivity index is 0.00000120. The minimum Gasteiger partial charge on any atom is -0.375 e. The largest absolute Gasteiger partial charge is 0.375 e. The van der Waals surface area contributed by atoms with Crippen LogP contribution in [0.2, 0.25) is 0 Å². The third kappa shape index (κ3) is 2.83. The van der Waals surface area contributed by atoms with Crippen molar-refractivity contribution in [1.82, 2.24) is 9.88 Å². The van der Waals surface area contributed by atoms with Crippen LogP contribution in [0.25, 0.3) is 0 Å². The first-order chi connectivity index (χ1) is 8.31. The van der Waals surface area contributed by atoms with Crippen LogP contribution in [0, 0.1) is 0 Å². The zero-order valence-corrected chi connectivity index (χ0v) is 11.6. The summed E-state index contributed by atoms with van der Waals surface area (Å²) in [6.45, 7) is 3.12. The molecule has 96 valence electrons. The molecule has 0 amide bonds. The zero-order chi connectivity index (χ0) is 11.7. The first-order valence-corrected chi connectivity index (χ1v) is 6.62. The SMILES string of the molecule is Cl.Nc1ncc(CN2CCc3ccccc3C2)s1. The third-order valence-electron chi connectivity index (χ3n) is 3.16. The Kier molecular flexibility index (Phi) is 4.22. The minimum atomic E-state index is 0. The molecule has 5 heteroatoms. The Hall–Kier alpha value is -1.10. The van der Waals surface area contributed by atoms with Crippen LogP contribution in [0.15, 0.2) is 30.5 Å². The lowest BCUT2D eigenvalue weighted by atomic mass is 10.00. The molecule has 1 aromatic heterocycles. The molecule has 1 aliphatic rings. The molecule has 1 aromatic carbocycles. The number of hydrogen-bond acceptors (Lipinski definition) is 4. The van der Waals surface area contributed by atoms with Crippen LogP contribution in [-0.2, 0) is 19.5 Å². The van der Waals surface area contributed by atoms with Crippen LogP contribution < -0.4 is 5.73 Å². The van der Waals surface area contributed by atoms with E-state index < -0.39 is 0 Å². The van der Waals surface area contributed by atoms with E-state index in [0.29, 0.717) is 5.13 Å². The predicted octanol–water partition coefficient (Wildman–Crippen LogP) is 2.71. The number of hydrogen-bond donors (Lipinski definition) is 1. The highest BCUT2D eigenvalue weighted by Crippen LogP contribution is 2.22. The molecule has 0 bridgehead atoms. The number of rotatable bonds is 2. The predicted molar refractivity (Wildman–Crippen MR) is 78.0 cm³/mol. The van der Waals surface area contributed by atoms with Crippen molar-refractivity contribution in [2.75, 3.05) is 12.3 Å². The van der Waals surface area contributed by atoms with E-state index in [0.717, 1.165) is 26.1 Å². The van der Waals surface area contributed by atoms with Gasteiger partial charge in [-0.2, -0.15) is 0 Å². The number of nitrogen functional groups attached to an aromatic ring is 1. The van der Waals surface area contributed by atoms with Gasteiger partial charge in [-0.05, 0) is 17.5 Å². The van der Waals surface area contributed by atoms with Crippen LogP contribution >= 0.6 is 23.7 Å². The Morgan fingerprint density at radius 2 is 2.06 bits per heavy atom. The van der Waals surface area contributed by atoms with E-state index in [1.807, 2.05) is 6.20 Å². The summed E-state index contributed by atoms with van der Waals surface area (Å²) < 4.78 is 0. The highest BCUT2D eigenvalue weighted by molar-refractivity contribution is 7.15. The highest BCUT2D eigenvalue weighted by Gasteiger charge is 2.16. The molecule has 0 saturated carbocycles. The summed E-state index contributed by atoms with van der Waals surface area (Å²) in [7, 11) is 0. The van der Waals surface area contributed by atoms with Crippen molar-refractivity contribution in [3.8, 4) is 0 Å². The molecule has 2 heterocycles. The van der Waals surface area contributed by atoms with Gasteiger partial charge in [0.25, 0.3) is 0 Å². The van der Waals surface area contributed by atoms with Crippen LogP contribution in [0.1, 0.15) is 16.0 Å². The monoisotopic (exact) mass is 281 g/mol. The lowest BCUT2D eigenvalue weighted by Crippen LogP contribution is -2.29. The van der Waals surface area contributed by atoms with Crippen LogP contribution in [0.5, 0.6) is 0 Å². The van der Waals surface area contributed by atoms with Gasteiger partial charge in [0, 0.05) is 30.7 Å². The molecule has 0 radical (unpaired) electrons. The van der Waals surface area contributed by atoms with Gasteiger partial charge in [0.05, 0.1) is 0 Å². The van der Waals surface area contributed by atoms with Crippen molar-refractivity contribution in [3.63, 3.8) is 0 Å². The van der Waals surface area contributed by atoms with Gasteiger partial charge < -0.3 is 5.73 Å². The summed E-state index contributed by atoms with van der Waals surface area (Å²) in [5.74, 6) is 0. The maximum absolute atomic E-state index is 5.65. The second kappa shape index (κ2) is 5.69. The fraction of sp³-hybridized carbons (Fsp3) is 0.308. The van der Waals surface area contributed by atoms with Gasteiger partial charge in [-0.25, -0.2) is 4.98 Å². The summed E-state index contributed by atoms with van der Waals surface area (Å²) in [6, 6.07) is 8.70. The van der Waals surface area contributed by atoms with E-state index in [9.17, 15) is 0 Å². The van der Waals surface area contributed by atoms with Crippen molar-refractivity contribution in [3.05, 3.63) is 46.5 Å². The van der Waals surface area contributed by atoms with E-state index in [-0.39, 0.29) is 12.4 Å². The van der Waals surface area contributed by atoms with Crippen molar-refractivity contribution >= 4 is 28.9 Å². The quantitative estimate of drug-likeness (QED) is 0.920. The van der Waals surface area contributed by atoms with Crippen molar-refractivity contribution in [1.29, 1.82) is 0 Å². The number of thiazole rings is 1. The van der Waals surface area contributed by atoms with Crippen LogP contribution in [0.4, 0.5) is 5.13 Å². The first kappa shape index (κ1) is 13.3. The number of anilines is 1. The number of benzene rings is 1. The molecule has 0 atom stereocenters. The Morgan fingerprint density at radius 3 is 2.78 bits per heavy atom. The highest BCUT2D eigenvalue weighted by atomic mass is 35.5. The minimum absolute atomic E-state index is 0. The van der Waals surface area contributed by atoms with Gasteiger partial charge in [-0.1, -0.05) is 24.3 Å². The van der Waals surface area contributed by atoms with Crippen molar-refractivity contribution in [2.45, 2.75) is 19.5 Å². The first-order valence-electron chi connectivity index (χ1n) is 5.80. The lowest BCUT2D eigenvalue weighted by molar-refractivity contribution is 0.247. The molecule has 0 saturated heterocycles. The Bertz CT molecular complexity index is 526. The fourth-order valence-corrected chi connectivity index (χ4v) is 3.03. The fourth-order valence-electron chi connectivity index (χ4n) is 2.31. The smallest absolute Gasteiger partial charge is 0.180 e. The summed E-state index contributed by atoms with van der Waals surface area (Å²) in [4.78, 5) is 7.80. The number of nitrogens with zero attached hydrogens (tertiary/aromatic N) is 2. The average Bonchev–Trinajstić information content (AvgIpc) is 2.75. The van der Waals surface area contributed by atoms with Crippen molar-refractivity contribution < 1.29 is 0 Å². The second-order valence-corrected chi connectivity index (χ2v) is 5.54. The molecule has 0 fully saturated rings. The molecular weight excluding hydrogens is 266 g/mol. The molecule has 0 aliphatic carbocycles. The summed E-state index contributed by atoms with van der Waals surface area (Å²) in [6.07, 6.45) is 3.03. The number of fused-ring (bicyclic) bond motifs is 1. The van der Waals surface area contributed by atoms with Crippen LogP contribution in [-0.4, -0.2) is 16.4 Å².